The molecule has 2 nitrogen and oxygen atoms in total. The zero-order valence-corrected chi connectivity index (χ0v) is 16.5. The van der Waals surface area contributed by atoms with Crippen LogP contribution in [0.5, 0.6) is 0 Å². The fourth-order valence-electron chi connectivity index (χ4n) is 3.54. The fraction of sp³-hybridized carbons (Fsp3) is 0.696. The number of hydrogen-bond donors (Lipinski definition) is 1. The summed E-state index contributed by atoms with van der Waals surface area (Å²) in [4.78, 5) is 11.6. The van der Waals surface area contributed by atoms with E-state index in [1.165, 1.54) is 76.2 Å². The van der Waals surface area contributed by atoms with Gasteiger partial charge in [0, 0.05) is 0 Å². The van der Waals surface area contributed by atoms with Crippen molar-refractivity contribution < 1.29 is 9.90 Å². The van der Waals surface area contributed by atoms with Gasteiger partial charge < -0.3 is 5.11 Å². The number of unbranched alkanes of at least 4 members (excludes halogenated alkanes) is 10. The maximum atomic E-state index is 11.6. The molecule has 2 heteroatoms. The molecule has 0 spiro atoms. The van der Waals surface area contributed by atoms with Gasteiger partial charge in [0.05, 0.1) is 5.56 Å². The van der Waals surface area contributed by atoms with Crippen LogP contribution in [0.25, 0.3) is 0 Å². The van der Waals surface area contributed by atoms with Crippen molar-refractivity contribution in [2.75, 3.05) is 0 Å². The Kier molecular flexibility index (Phi) is 12.1. The zero-order valence-electron chi connectivity index (χ0n) is 16.5. The molecule has 0 aromatic heterocycles. The first-order valence-electron chi connectivity index (χ1n) is 10.5. The first-order valence-corrected chi connectivity index (χ1v) is 10.5. The van der Waals surface area contributed by atoms with E-state index >= 15 is 0 Å². The highest BCUT2D eigenvalue weighted by atomic mass is 16.4. The minimum Gasteiger partial charge on any atom is -0.478 e. The minimum atomic E-state index is -0.773. The monoisotopic (exact) mass is 346 g/mol. The summed E-state index contributed by atoms with van der Waals surface area (Å²) in [5.74, 6) is -0.773. The van der Waals surface area contributed by atoms with Crippen molar-refractivity contribution in [3.8, 4) is 0 Å². The van der Waals surface area contributed by atoms with E-state index < -0.39 is 5.97 Å². The Morgan fingerprint density at radius 2 is 1.28 bits per heavy atom. The highest BCUT2D eigenvalue weighted by molar-refractivity contribution is 5.89. The Hall–Kier alpha value is -1.31. The van der Waals surface area contributed by atoms with Gasteiger partial charge in [-0.3, -0.25) is 0 Å². The lowest BCUT2D eigenvalue weighted by molar-refractivity contribution is 0.0695. The second-order valence-electron chi connectivity index (χ2n) is 7.28. The van der Waals surface area contributed by atoms with Gasteiger partial charge in [-0.25, -0.2) is 4.79 Å². The number of carbonyl (C=O) groups is 1. The minimum absolute atomic E-state index is 0.524. The summed E-state index contributed by atoms with van der Waals surface area (Å²) >= 11 is 0. The van der Waals surface area contributed by atoms with Gasteiger partial charge >= 0.3 is 5.97 Å². The quantitative estimate of drug-likeness (QED) is 0.341. The van der Waals surface area contributed by atoms with Gasteiger partial charge in [-0.1, -0.05) is 90.2 Å². The third-order valence-electron chi connectivity index (χ3n) is 5.08. The summed E-state index contributed by atoms with van der Waals surface area (Å²) in [6.45, 7) is 4.47. The number of aromatic carboxylic acids is 1. The van der Waals surface area contributed by atoms with E-state index in [-0.39, 0.29) is 0 Å². The average Bonchev–Trinajstić information content (AvgIpc) is 2.61. The first-order chi connectivity index (χ1) is 12.2. The molecule has 0 bridgehead atoms. The van der Waals surface area contributed by atoms with Crippen LogP contribution in [0.3, 0.4) is 0 Å². The molecular weight excluding hydrogens is 308 g/mol. The van der Waals surface area contributed by atoms with Crippen LogP contribution in [0.4, 0.5) is 0 Å². The van der Waals surface area contributed by atoms with E-state index in [0.717, 1.165) is 24.8 Å². The second kappa shape index (κ2) is 13.9. The Bertz CT molecular complexity index is 479. The molecule has 1 aromatic rings. The Morgan fingerprint density at radius 1 is 0.760 bits per heavy atom. The molecule has 0 heterocycles. The van der Waals surface area contributed by atoms with Gasteiger partial charge in [0.25, 0.3) is 0 Å². The molecular formula is C23H38O2. The number of hydrogen-bond acceptors (Lipinski definition) is 1. The van der Waals surface area contributed by atoms with E-state index in [1.54, 1.807) is 6.07 Å². The number of carboxylic acid groups (broad SMARTS) is 1. The number of aryl methyl sites for hydroxylation is 1. The van der Waals surface area contributed by atoms with Gasteiger partial charge in [0.1, 0.15) is 0 Å². The van der Waals surface area contributed by atoms with Crippen LogP contribution in [0, 0.1) is 0 Å². The number of rotatable bonds is 15. The predicted molar refractivity (Wildman–Crippen MR) is 108 cm³/mol. The molecule has 0 aliphatic carbocycles. The van der Waals surface area contributed by atoms with Crippen molar-refractivity contribution in [1.82, 2.24) is 0 Å². The van der Waals surface area contributed by atoms with Crippen LogP contribution in [0.15, 0.2) is 18.2 Å². The van der Waals surface area contributed by atoms with E-state index in [9.17, 15) is 9.90 Å². The Labute approximate surface area is 155 Å². The Morgan fingerprint density at radius 3 is 1.88 bits per heavy atom. The normalized spacial score (nSPS) is 11.0. The van der Waals surface area contributed by atoms with E-state index in [1.807, 2.05) is 6.07 Å². The van der Waals surface area contributed by atoms with Crippen LogP contribution >= 0.6 is 0 Å². The fourth-order valence-corrected chi connectivity index (χ4v) is 3.54. The summed E-state index contributed by atoms with van der Waals surface area (Å²) in [6.07, 6.45) is 17.2. The van der Waals surface area contributed by atoms with Crippen molar-refractivity contribution in [2.45, 2.75) is 104 Å². The summed E-state index contributed by atoms with van der Waals surface area (Å²) in [5.41, 5.74) is 2.88. The molecule has 1 rings (SSSR count). The van der Waals surface area contributed by atoms with Crippen molar-refractivity contribution in [1.29, 1.82) is 0 Å². The molecule has 0 saturated carbocycles. The van der Waals surface area contributed by atoms with Gasteiger partial charge in [0.15, 0.2) is 0 Å². The molecule has 0 atom stereocenters. The smallest absolute Gasteiger partial charge is 0.335 e. The molecule has 142 valence electrons. The average molecular weight is 347 g/mol. The summed E-state index contributed by atoms with van der Waals surface area (Å²) < 4.78 is 0. The topological polar surface area (TPSA) is 37.3 Å². The molecule has 0 fully saturated rings. The van der Waals surface area contributed by atoms with Crippen molar-refractivity contribution >= 4 is 5.97 Å². The lowest BCUT2D eigenvalue weighted by Crippen LogP contribution is -2.06. The molecule has 0 aliphatic rings. The van der Waals surface area contributed by atoms with Crippen LogP contribution in [0.1, 0.15) is 112 Å². The van der Waals surface area contributed by atoms with Gasteiger partial charge in [-0.2, -0.15) is 0 Å². The standard InChI is InChI=1S/C23H38O2/c1-3-5-7-9-10-11-12-14-18-21-20(16-13-8-6-4-2)17-15-19-22(21)23(24)25/h15,17,19H,3-14,16,18H2,1-2H3,(H,24,25). The van der Waals surface area contributed by atoms with Crippen LogP contribution < -0.4 is 0 Å². The highest BCUT2D eigenvalue weighted by Crippen LogP contribution is 2.21. The van der Waals surface area contributed by atoms with E-state index in [4.69, 9.17) is 0 Å². The molecule has 1 N–H and O–H groups in total. The van der Waals surface area contributed by atoms with E-state index in [2.05, 4.69) is 19.9 Å². The van der Waals surface area contributed by atoms with Gasteiger partial charge in [0.2, 0.25) is 0 Å². The number of benzene rings is 1. The highest BCUT2D eigenvalue weighted by Gasteiger charge is 2.13. The molecule has 0 aliphatic heterocycles. The maximum absolute atomic E-state index is 11.6. The van der Waals surface area contributed by atoms with Gasteiger partial charge in [-0.05, 0) is 42.9 Å². The zero-order chi connectivity index (χ0) is 18.3. The molecule has 0 saturated heterocycles. The van der Waals surface area contributed by atoms with Crippen LogP contribution in [-0.2, 0) is 12.8 Å². The maximum Gasteiger partial charge on any atom is 0.335 e. The Balaban J connectivity index is 2.49. The lowest BCUT2D eigenvalue weighted by Gasteiger charge is -2.13. The van der Waals surface area contributed by atoms with Crippen molar-refractivity contribution in [3.05, 3.63) is 34.9 Å². The summed E-state index contributed by atoms with van der Waals surface area (Å²) in [5, 5.41) is 9.52. The summed E-state index contributed by atoms with van der Waals surface area (Å²) in [7, 11) is 0. The summed E-state index contributed by atoms with van der Waals surface area (Å²) in [6, 6.07) is 5.83. The largest absolute Gasteiger partial charge is 0.478 e. The van der Waals surface area contributed by atoms with Crippen molar-refractivity contribution in [3.63, 3.8) is 0 Å². The lowest BCUT2D eigenvalue weighted by atomic mass is 9.92. The SMILES string of the molecule is CCCCCCCCCCc1c(CCCCCC)cccc1C(=O)O. The third-order valence-corrected chi connectivity index (χ3v) is 5.08. The third kappa shape index (κ3) is 9.09. The molecule has 0 radical (unpaired) electrons. The van der Waals surface area contributed by atoms with Crippen molar-refractivity contribution in [2.24, 2.45) is 0 Å². The second-order valence-corrected chi connectivity index (χ2v) is 7.28. The van der Waals surface area contributed by atoms with Crippen LogP contribution in [-0.4, -0.2) is 11.1 Å². The number of carboxylic acids is 1. The first kappa shape index (κ1) is 21.7. The van der Waals surface area contributed by atoms with E-state index in [0.29, 0.717) is 5.56 Å². The van der Waals surface area contributed by atoms with Crippen LogP contribution in [0.2, 0.25) is 0 Å². The molecule has 1 aromatic carbocycles. The van der Waals surface area contributed by atoms with Gasteiger partial charge in [-0.15, -0.1) is 0 Å². The predicted octanol–water partition coefficient (Wildman–Crippen LogP) is 7.19. The molecule has 0 unspecified atom stereocenters. The molecule has 0 amide bonds. The molecule has 25 heavy (non-hydrogen) atoms.